The number of amides is 2. The second-order valence-electron chi connectivity index (χ2n) is 7.82. The second-order valence-corrected chi connectivity index (χ2v) is 7.82. The van der Waals surface area contributed by atoms with Gasteiger partial charge in [-0.05, 0) is 43.0 Å². The summed E-state index contributed by atoms with van der Waals surface area (Å²) in [6, 6.07) is 15.2. The van der Waals surface area contributed by atoms with Gasteiger partial charge in [-0.2, -0.15) is 0 Å². The van der Waals surface area contributed by atoms with Crippen molar-refractivity contribution in [3.8, 4) is 0 Å². The monoisotopic (exact) mass is 423 g/mol. The van der Waals surface area contributed by atoms with Crippen molar-refractivity contribution in [3.05, 3.63) is 82.8 Å². The topological polar surface area (TPSA) is 70.7 Å². The van der Waals surface area contributed by atoms with Gasteiger partial charge in [0, 0.05) is 24.8 Å². The van der Waals surface area contributed by atoms with Crippen molar-refractivity contribution in [2.45, 2.75) is 38.4 Å². The Morgan fingerprint density at radius 2 is 1.81 bits per heavy atom. The van der Waals surface area contributed by atoms with Gasteiger partial charge in [0.2, 0.25) is 0 Å². The van der Waals surface area contributed by atoms with Crippen LogP contribution in [0.15, 0.2) is 65.9 Å². The molecule has 0 spiro atoms. The molecule has 1 atom stereocenters. The van der Waals surface area contributed by atoms with Gasteiger partial charge in [0.1, 0.15) is 5.82 Å². The first kappa shape index (κ1) is 21.1. The van der Waals surface area contributed by atoms with Gasteiger partial charge in [-0.3, -0.25) is 4.90 Å². The molecular formula is C24H26FN3O3. The Bertz CT molecular complexity index is 971. The number of nitrogens with zero attached hydrogens (tertiary/aromatic N) is 1. The van der Waals surface area contributed by atoms with E-state index in [2.05, 4.69) is 15.5 Å². The lowest BCUT2D eigenvalue weighted by atomic mass is 9.95. The number of hydrogen-bond donors (Lipinski definition) is 2. The summed E-state index contributed by atoms with van der Waals surface area (Å²) in [5.74, 6) is -0.721. The highest BCUT2D eigenvalue weighted by Gasteiger charge is 2.36. The van der Waals surface area contributed by atoms with E-state index in [9.17, 15) is 14.0 Å². The molecular weight excluding hydrogens is 397 g/mol. The van der Waals surface area contributed by atoms with Gasteiger partial charge >= 0.3 is 12.0 Å². The summed E-state index contributed by atoms with van der Waals surface area (Å²) in [7, 11) is 0. The molecule has 2 aliphatic rings. The minimum absolute atomic E-state index is 0.243. The molecule has 7 heteroatoms. The van der Waals surface area contributed by atoms with E-state index in [0.717, 1.165) is 24.0 Å². The van der Waals surface area contributed by atoms with Crippen LogP contribution in [0.4, 0.5) is 9.18 Å². The van der Waals surface area contributed by atoms with Crippen LogP contribution in [0, 0.1) is 5.82 Å². The molecule has 1 fully saturated rings. The number of nitrogens with one attached hydrogen (secondary N) is 2. The van der Waals surface area contributed by atoms with Crippen molar-refractivity contribution in [3.63, 3.8) is 0 Å². The standard InChI is InChI=1S/C24H26FN3O3/c1-2-31-23(29)21-20(26-24(30)27-22(21)17-6-4-3-5-7-17)15-28(19-12-13-19)14-16-8-10-18(25)11-9-16/h3-11,19,22H,2,12-15H2,1H3,(H2,26,27,30). The number of ether oxygens (including phenoxy) is 1. The second kappa shape index (κ2) is 9.31. The molecule has 2 N–H and O–H groups in total. The van der Waals surface area contributed by atoms with Gasteiger partial charge in [0.25, 0.3) is 0 Å². The molecule has 4 rings (SSSR count). The summed E-state index contributed by atoms with van der Waals surface area (Å²) in [6.07, 6.45) is 2.11. The third-order valence-corrected chi connectivity index (χ3v) is 5.51. The minimum Gasteiger partial charge on any atom is -0.463 e. The molecule has 1 aliphatic carbocycles. The smallest absolute Gasteiger partial charge is 0.338 e. The van der Waals surface area contributed by atoms with E-state index in [4.69, 9.17) is 4.74 Å². The molecule has 0 aromatic heterocycles. The summed E-state index contributed by atoms with van der Waals surface area (Å²) in [5, 5.41) is 5.70. The van der Waals surface area contributed by atoms with Crippen molar-refractivity contribution in [1.82, 2.24) is 15.5 Å². The highest BCUT2D eigenvalue weighted by Crippen LogP contribution is 2.32. The van der Waals surface area contributed by atoms with E-state index < -0.39 is 12.0 Å². The normalized spacial score (nSPS) is 18.5. The summed E-state index contributed by atoms with van der Waals surface area (Å²) >= 11 is 0. The number of hydrogen-bond acceptors (Lipinski definition) is 4. The maximum atomic E-state index is 13.3. The zero-order chi connectivity index (χ0) is 21.8. The van der Waals surface area contributed by atoms with E-state index in [0.29, 0.717) is 30.4 Å². The van der Waals surface area contributed by atoms with Gasteiger partial charge in [-0.1, -0.05) is 42.5 Å². The fraction of sp³-hybridized carbons (Fsp3) is 0.333. The van der Waals surface area contributed by atoms with Gasteiger partial charge in [-0.25, -0.2) is 14.0 Å². The van der Waals surface area contributed by atoms with Crippen LogP contribution in [-0.2, 0) is 16.1 Å². The first-order valence-corrected chi connectivity index (χ1v) is 10.6. The number of carbonyl (C=O) groups excluding carboxylic acids is 2. The van der Waals surface area contributed by atoms with Crippen LogP contribution in [0.5, 0.6) is 0 Å². The highest BCUT2D eigenvalue weighted by molar-refractivity contribution is 5.95. The molecule has 1 heterocycles. The van der Waals surface area contributed by atoms with Crippen LogP contribution in [0.25, 0.3) is 0 Å². The van der Waals surface area contributed by atoms with Crippen LogP contribution in [-0.4, -0.2) is 36.1 Å². The van der Waals surface area contributed by atoms with Crippen molar-refractivity contribution >= 4 is 12.0 Å². The molecule has 2 aromatic carbocycles. The van der Waals surface area contributed by atoms with Crippen LogP contribution >= 0.6 is 0 Å². The molecule has 1 aliphatic heterocycles. The number of carbonyl (C=O) groups is 2. The predicted octanol–water partition coefficient (Wildman–Crippen LogP) is 3.66. The van der Waals surface area contributed by atoms with Crippen molar-refractivity contribution in [1.29, 1.82) is 0 Å². The Hall–Kier alpha value is -3.19. The molecule has 31 heavy (non-hydrogen) atoms. The number of esters is 1. The van der Waals surface area contributed by atoms with E-state index >= 15 is 0 Å². The average molecular weight is 423 g/mol. The summed E-state index contributed by atoms with van der Waals surface area (Å²) in [5.41, 5.74) is 2.75. The van der Waals surface area contributed by atoms with Crippen molar-refractivity contribution < 1.29 is 18.7 Å². The van der Waals surface area contributed by atoms with Gasteiger partial charge in [-0.15, -0.1) is 0 Å². The maximum Gasteiger partial charge on any atom is 0.338 e. The van der Waals surface area contributed by atoms with Gasteiger partial charge in [0.05, 0.1) is 18.2 Å². The first-order chi connectivity index (χ1) is 15.0. The summed E-state index contributed by atoms with van der Waals surface area (Å²) < 4.78 is 18.6. The van der Waals surface area contributed by atoms with Gasteiger partial charge < -0.3 is 15.4 Å². The minimum atomic E-state index is -0.587. The maximum absolute atomic E-state index is 13.3. The Kier molecular flexibility index (Phi) is 6.32. The number of urea groups is 1. The quantitative estimate of drug-likeness (QED) is 0.636. The SMILES string of the molecule is CCOC(=O)C1=C(CN(Cc2ccc(F)cc2)C2CC2)NC(=O)NC1c1ccccc1. The van der Waals surface area contributed by atoms with Crippen molar-refractivity contribution in [2.75, 3.05) is 13.2 Å². The molecule has 1 unspecified atom stereocenters. The zero-order valence-electron chi connectivity index (χ0n) is 17.4. The van der Waals surface area contributed by atoms with Crippen LogP contribution in [0.1, 0.15) is 36.9 Å². The first-order valence-electron chi connectivity index (χ1n) is 10.6. The number of benzene rings is 2. The number of halogens is 1. The van der Waals surface area contributed by atoms with E-state index in [1.54, 1.807) is 19.1 Å². The summed E-state index contributed by atoms with van der Waals surface area (Å²) in [4.78, 5) is 27.6. The Morgan fingerprint density at radius 1 is 1.10 bits per heavy atom. The van der Waals surface area contributed by atoms with E-state index in [-0.39, 0.29) is 18.5 Å². The molecule has 0 bridgehead atoms. The lowest BCUT2D eigenvalue weighted by molar-refractivity contribution is -0.139. The fourth-order valence-corrected chi connectivity index (χ4v) is 3.87. The Morgan fingerprint density at radius 3 is 2.45 bits per heavy atom. The van der Waals surface area contributed by atoms with Crippen molar-refractivity contribution in [2.24, 2.45) is 0 Å². The molecule has 1 saturated carbocycles. The van der Waals surface area contributed by atoms with Gasteiger partial charge in [0.15, 0.2) is 0 Å². The molecule has 162 valence electrons. The molecule has 6 nitrogen and oxygen atoms in total. The van der Waals surface area contributed by atoms with E-state index in [1.807, 2.05) is 30.3 Å². The van der Waals surface area contributed by atoms with Crippen LogP contribution in [0.3, 0.4) is 0 Å². The Balaban J connectivity index is 1.67. The summed E-state index contributed by atoms with van der Waals surface area (Å²) in [6.45, 7) is 3.00. The predicted molar refractivity (Wildman–Crippen MR) is 114 cm³/mol. The lowest BCUT2D eigenvalue weighted by Gasteiger charge is -2.32. The van der Waals surface area contributed by atoms with Crippen LogP contribution in [0.2, 0.25) is 0 Å². The molecule has 2 amide bonds. The zero-order valence-corrected chi connectivity index (χ0v) is 17.4. The Labute approximate surface area is 181 Å². The molecule has 0 radical (unpaired) electrons. The highest BCUT2D eigenvalue weighted by atomic mass is 19.1. The fourth-order valence-electron chi connectivity index (χ4n) is 3.87. The molecule has 0 saturated heterocycles. The number of rotatable bonds is 8. The third kappa shape index (κ3) is 5.11. The largest absolute Gasteiger partial charge is 0.463 e. The van der Waals surface area contributed by atoms with E-state index in [1.165, 1.54) is 12.1 Å². The molecule has 2 aromatic rings. The van der Waals surface area contributed by atoms with Crippen LogP contribution < -0.4 is 10.6 Å². The average Bonchev–Trinajstić information content (AvgIpc) is 3.60. The third-order valence-electron chi connectivity index (χ3n) is 5.51. The lowest BCUT2D eigenvalue weighted by Crippen LogP contribution is -2.48.